The van der Waals surface area contributed by atoms with Crippen LogP contribution < -0.4 is 5.32 Å². The molecule has 1 heterocycles. The minimum absolute atomic E-state index is 0.00593. The normalized spacial score (nSPS) is 11.9. The Balaban J connectivity index is 2.21. The molecule has 0 saturated heterocycles. The van der Waals surface area contributed by atoms with Gasteiger partial charge < -0.3 is 10.4 Å². The lowest BCUT2D eigenvalue weighted by molar-refractivity contribution is 0.0697. The number of benzene rings is 1. The van der Waals surface area contributed by atoms with Gasteiger partial charge in [0.05, 0.1) is 0 Å². The predicted octanol–water partition coefficient (Wildman–Crippen LogP) is 3.26. The molecule has 0 saturated carbocycles. The van der Waals surface area contributed by atoms with Crippen molar-refractivity contribution in [1.82, 2.24) is 4.98 Å². The van der Waals surface area contributed by atoms with Crippen LogP contribution in [0.5, 0.6) is 0 Å². The third-order valence-corrected chi connectivity index (χ3v) is 2.97. The highest BCUT2D eigenvalue weighted by atomic mass is 16.4. The standard InChI is InChI=1S/C15H16N2O2/c1-10-5-7-12(8-6-10)11(2)17-14-13(15(18)19)4-3-9-16-14/h3-9,11H,1-2H3,(H,16,17)(H,18,19). The van der Waals surface area contributed by atoms with Gasteiger partial charge in [-0.1, -0.05) is 29.8 Å². The summed E-state index contributed by atoms with van der Waals surface area (Å²) in [5.74, 6) is -0.588. The fraction of sp³-hybridized carbons (Fsp3) is 0.200. The van der Waals surface area contributed by atoms with Crippen molar-refractivity contribution in [3.63, 3.8) is 0 Å². The van der Waals surface area contributed by atoms with Crippen molar-refractivity contribution in [3.8, 4) is 0 Å². The van der Waals surface area contributed by atoms with E-state index in [-0.39, 0.29) is 11.6 Å². The summed E-state index contributed by atoms with van der Waals surface area (Å²) in [4.78, 5) is 15.2. The number of hydrogen-bond donors (Lipinski definition) is 2. The molecule has 0 spiro atoms. The van der Waals surface area contributed by atoms with Gasteiger partial charge in [-0.05, 0) is 31.5 Å². The van der Waals surface area contributed by atoms with Crippen LogP contribution in [0.4, 0.5) is 5.82 Å². The van der Waals surface area contributed by atoms with E-state index in [1.54, 1.807) is 18.3 Å². The van der Waals surface area contributed by atoms with Gasteiger partial charge in [0, 0.05) is 12.2 Å². The molecule has 0 aliphatic carbocycles. The Kier molecular flexibility index (Phi) is 3.80. The Morgan fingerprint density at radius 3 is 2.58 bits per heavy atom. The van der Waals surface area contributed by atoms with Crippen LogP contribution in [0.3, 0.4) is 0 Å². The number of aryl methyl sites for hydroxylation is 1. The lowest BCUT2D eigenvalue weighted by Crippen LogP contribution is -2.12. The average molecular weight is 256 g/mol. The highest BCUT2D eigenvalue weighted by molar-refractivity contribution is 5.93. The number of anilines is 1. The molecule has 1 aromatic heterocycles. The number of carboxylic acid groups (broad SMARTS) is 1. The summed E-state index contributed by atoms with van der Waals surface area (Å²) in [6, 6.07) is 11.3. The van der Waals surface area contributed by atoms with Crippen LogP contribution in [0.25, 0.3) is 0 Å². The first-order valence-electron chi connectivity index (χ1n) is 6.09. The second-order valence-corrected chi connectivity index (χ2v) is 4.48. The molecule has 1 atom stereocenters. The molecule has 2 rings (SSSR count). The molecule has 0 radical (unpaired) electrons. The second-order valence-electron chi connectivity index (χ2n) is 4.48. The molecule has 0 amide bonds. The zero-order valence-corrected chi connectivity index (χ0v) is 10.9. The number of hydrogen-bond acceptors (Lipinski definition) is 3. The molecule has 0 bridgehead atoms. The Bertz CT molecular complexity index is 579. The van der Waals surface area contributed by atoms with Crippen LogP contribution >= 0.6 is 0 Å². The predicted molar refractivity (Wildman–Crippen MR) is 74.4 cm³/mol. The van der Waals surface area contributed by atoms with E-state index in [0.717, 1.165) is 5.56 Å². The van der Waals surface area contributed by atoms with E-state index < -0.39 is 5.97 Å². The number of pyridine rings is 1. The van der Waals surface area contributed by atoms with Crippen LogP contribution in [0, 0.1) is 6.92 Å². The average Bonchev–Trinajstić information content (AvgIpc) is 2.39. The molecule has 98 valence electrons. The summed E-state index contributed by atoms with van der Waals surface area (Å²) >= 11 is 0. The Morgan fingerprint density at radius 1 is 1.26 bits per heavy atom. The van der Waals surface area contributed by atoms with E-state index >= 15 is 0 Å². The number of aromatic carboxylic acids is 1. The molecular weight excluding hydrogens is 240 g/mol. The fourth-order valence-corrected chi connectivity index (χ4v) is 1.84. The Labute approximate surface area is 112 Å². The van der Waals surface area contributed by atoms with Crippen LogP contribution in [0.15, 0.2) is 42.6 Å². The number of rotatable bonds is 4. The topological polar surface area (TPSA) is 62.2 Å². The molecule has 19 heavy (non-hydrogen) atoms. The summed E-state index contributed by atoms with van der Waals surface area (Å²) in [5.41, 5.74) is 2.47. The van der Waals surface area contributed by atoms with E-state index in [2.05, 4.69) is 10.3 Å². The smallest absolute Gasteiger partial charge is 0.339 e. The van der Waals surface area contributed by atoms with E-state index in [0.29, 0.717) is 5.82 Å². The zero-order valence-electron chi connectivity index (χ0n) is 10.9. The van der Waals surface area contributed by atoms with Crippen LogP contribution in [-0.4, -0.2) is 16.1 Å². The van der Waals surface area contributed by atoms with E-state index in [9.17, 15) is 4.79 Å². The monoisotopic (exact) mass is 256 g/mol. The van der Waals surface area contributed by atoms with Crippen molar-refractivity contribution in [1.29, 1.82) is 0 Å². The van der Waals surface area contributed by atoms with Crippen molar-refractivity contribution in [2.45, 2.75) is 19.9 Å². The zero-order chi connectivity index (χ0) is 13.8. The third kappa shape index (κ3) is 3.10. The molecule has 4 heteroatoms. The maximum atomic E-state index is 11.1. The minimum Gasteiger partial charge on any atom is -0.478 e. The molecule has 2 N–H and O–H groups in total. The fourth-order valence-electron chi connectivity index (χ4n) is 1.84. The van der Waals surface area contributed by atoms with Crippen LogP contribution in [0.1, 0.15) is 34.5 Å². The molecule has 4 nitrogen and oxygen atoms in total. The summed E-state index contributed by atoms with van der Waals surface area (Å²) in [7, 11) is 0. The molecule has 1 unspecified atom stereocenters. The van der Waals surface area contributed by atoms with Gasteiger partial charge in [-0.2, -0.15) is 0 Å². The molecular formula is C15H16N2O2. The van der Waals surface area contributed by atoms with Crippen molar-refractivity contribution in [2.75, 3.05) is 5.32 Å². The number of nitrogens with zero attached hydrogens (tertiary/aromatic N) is 1. The Morgan fingerprint density at radius 2 is 1.95 bits per heavy atom. The van der Waals surface area contributed by atoms with E-state index in [4.69, 9.17) is 5.11 Å². The Hall–Kier alpha value is -2.36. The number of aromatic nitrogens is 1. The summed E-state index contributed by atoms with van der Waals surface area (Å²) in [6.07, 6.45) is 1.58. The first kappa shape index (κ1) is 13.1. The first-order valence-corrected chi connectivity index (χ1v) is 6.09. The lowest BCUT2D eigenvalue weighted by atomic mass is 10.1. The number of carbonyl (C=O) groups is 1. The molecule has 1 aromatic carbocycles. The van der Waals surface area contributed by atoms with Crippen LogP contribution in [-0.2, 0) is 0 Å². The van der Waals surface area contributed by atoms with Gasteiger partial charge in [-0.15, -0.1) is 0 Å². The highest BCUT2D eigenvalue weighted by Gasteiger charge is 2.13. The second kappa shape index (κ2) is 5.52. The van der Waals surface area contributed by atoms with Crippen molar-refractivity contribution >= 4 is 11.8 Å². The molecule has 2 aromatic rings. The van der Waals surface area contributed by atoms with E-state index in [1.807, 2.05) is 38.1 Å². The summed E-state index contributed by atoms with van der Waals surface area (Å²) in [6.45, 7) is 4.01. The highest BCUT2D eigenvalue weighted by Crippen LogP contribution is 2.20. The van der Waals surface area contributed by atoms with E-state index in [1.165, 1.54) is 5.56 Å². The van der Waals surface area contributed by atoms with Gasteiger partial charge in [0.15, 0.2) is 0 Å². The first-order chi connectivity index (χ1) is 9.08. The lowest BCUT2D eigenvalue weighted by Gasteiger charge is -2.16. The largest absolute Gasteiger partial charge is 0.478 e. The van der Waals surface area contributed by atoms with Gasteiger partial charge >= 0.3 is 5.97 Å². The maximum absolute atomic E-state index is 11.1. The summed E-state index contributed by atoms with van der Waals surface area (Å²) < 4.78 is 0. The van der Waals surface area contributed by atoms with Gasteiger partial charge in [-0.25, -0.2) is 9.78 Å². The SMILES string of the molecule is Cc1ccc(C(C)Nc2ncccc2C(=O)O)cc1. The van der Waals surface area contributed by atoms with Gasteiger partial charge in [0.25, 0.3) is 0 Å². The molecule has 0 aliphatic rings. The quantitative estimate of drug-likeness (QED) is 0.881. The van der Waals surface area contributed by atoms with Crippen LogP contribution in [0.2, 0.25) is 0 Å². The van der Waals surface area contributed by atoms with Crippen molar-refractivity contribution < 1.29 is 9.90 Å². The maximum Gasteiger partial charge on any atom is 0.339 e. The summed E-state index contributed by atoms with van der Waals surface area (Å²) in [5, 5.41) is 12.2. The van der Waals surface area contributed by atoms with Gasteiger partial charge in [0.2, 0.25) is 0 Å². The number of nitrogens with one attached hydrogen (secondary N) is 1. The third-order valence-electron chi connectivity index (χ3n) is 2.97. The molecule has 0 fully saturated rings. The van der Waals surface area contributed by atoms with Gasteiger partial charge in [0.1, 0.15) is 11.4 Å². The van der Waals surface area contributed by atoms with Crippen molar-refractivity contribution in [3.05, 3.63) is 59.3 Å². The van der Waals surface area contributed by atoms with Crippen molar-refractivity contribution in [2.24, 2.45) is 0 Å². The number of carboxylic acids is 1. The molecule has 0 aliphatic heterocycles. The van der Waals surface area contributed by atoms with Gasteiger partial charge in [-0.3, -0.25) is 0 Å². The minimum atomic E-state index is -0.980.